The smallest absolute Gasteiger partial charge is 0.433 e. The Kier molecular flexibility index (Phi) is 4.62. The number of carbonyl (C=O) groups is 2. The van der Waals surface area contributed by atoms with Gasteiger partial charge in [-0.3, -0.25) is 9.78 Å². The van der Waals surface area contributed by atoms with E-state index >= 15 is 0 Å². The maximum Gasteiger partial charge on any atom is 0.433 e. The van der Waals surface area contributed by atoms with Gasteiger partial charge in [0.2, 0.25) is 0 Å². The van der Waals surface area contributed by atoms with Crippen LogP contribution < -0.4 is 5.32 Å². The first kappa shape index (κ1) is 14.7. The Morgan fingerprint density at radius 1 is 1.37 bits per heavy atom. The van der Waals surface area contributed by atoms with Crippen molar-refractivity contribution in [3.05, 3.63) is 41.7 Å². The molecule has 1 aromatic heterocycles. The van der Waals surface area contributed by atoms with E-state index in [-0.39, 0.29) is 12.1 Å². The molecule has 0 aromatic carbocycles. The number of nitrogens with one attached hydrogen (secondary N) is 1. The highest BCUT2D eigenvalue weighted by Crippen LogP contribution is 2.27. The Morgan fingerprint density at radius 2 is 2.05 bits per heavy atom. The van der Waals surface area contributed by atoms with Crippen molar-refractivity contribution in [1.82, 2.24) is 10.3 Å². The summed E-state index contributed by atoms with van der Waals surface area (Å²) in [5.74, 6) is -1.80. The van der Waals surface area contributed by atoms with E-state index in [1.165, 1.54) is 6.08 Å². The molecule has 1 amide bonds. The normalized spacial score (nSPS) is 11.5. The van der Waals surface area contributed by atoms with Crippen molar-refractivity contribution >= 4 is 11.9 Å². The standard InChI is InChI=1S/C11H9F3N2O3/c12-11(13,14)8-4-3-7(6-16-8)10(19)15-5-1-2-9(17)18/h1-4,6H,5H2,(H,15,19)(H,17,18)/b2-1+. The van der Waals surface area contributed by atoms with Gasteiger partial charge in [-0.25, -0.2) is 4.79 Å². The molecule has 0 saturated carbocycles. The van der Waals surface area contributed by atoms with Gasteiger partial charge in [-0.05, 0) is 12.1 Å². The number of aliphatic carboxylic acids is 1. The number of halogens is 3. The number of pyridine rings is 1. The van der Waals surface area contributed by atoms with Crippen LogP contribution in [0, 0.1) is 0 Å². The van der Waals surface area contributed by atoms with Crippen LogP contribution in [0.4, 0.5) is 13.2 Å². The third-order valence-electron chi connectivity index (χ3n) is 1.96. The van der Waals surface area contributed by atoms with Crippen LogP contribution >= 0.6 is 0 Å². The third kappa shape index (κ3) is 4.78. The van der Waals surface area contributed by atoms with E-state index in [1.807, 2.05) is 0 Å². The van der Waals surface area contributed by atoms with Crippen molar-refractivity contribution in [2.75, 3.05) is 6.54 Å². The molecule has 5 nitrogen and oxygen atoms in total. The van der Waals surface area contributed by atoms with Crippen molar-refractivity contribution in [3.63, 3.8) is 0 Å². The highest BCUT2D eigenvalue weighted by atomic mass is 19.4. The monoisotopic (exact) mass is 274 g/mol. The zero-order chi connectivity index (χ0) is 14.5. The number of carboxylic acids is 1. The van der Waals surface area contributed by atoms with E-state index < -0.39 is 23.7 Å². The highest BCUT2D eigenvalue weighted by molar-refractivity contribution is 5.94. The average molecular weight is 274 g/mol. The quantitative estimate of drug-likeness (QED) is 0.815. The summed E-state index contributed by atoms with van der Waals surface area (Å²) >= 11 is 0. The lowest BCUT2D eigenvalue weighted by molar-refractivity contribution is -0.141. The molecule has 0 fully saturated rings. The molecule has 19 heavy (non-hydrogen) atoms. The molecule has 0 unspecified atom stereocenters. The van der Waals surface area contributed by atoms with Crippen LogP contribution in [-0.2, 0) is 11.0 Å². The molecule has 102 valence electrons. The lowest BCUT2D eigenvalue weighted by Gasteiger charge is -2.06. The van der Waals surface area contributed by atoms with Crippen LogP contribution in [0.2, 0.25) is 0 Å². The van der Waals surface area contributed by atoms with E-state index in [1.54, 1.807) is 0 Å². The Hall–Kier alpha value is -2.38. The number of aromatic nitrogens is 1. The van der Waals surface area contributed by atoms with Crippen molar-refractivity contribution in [2.45, 2.75) is 6.18 Å². The molecule has 1 rings (SSSR count). The maximum atomic E-state index is 12.2. The van der Waals surface area contributed by atoms with Gasteiger partial charge >= 0.3 is 12.1 Å². The zero-order valence-corrected chi connectivity index (χ0v) is 9.44. The Labute approximate surface area is 105 Å². The van der Waals surface area contributed by atoms with Gasteiger partial charge in [0.05, 0.1) is 5.56 Å². The minimum Gasteiger partial charge on any atom is -0.478 e. The van der Waals surface area contributed by atoms with Crippen molar-refractivity contribution in [3.8, 4) is 0 Å². The number of amides is 1. The van der Waals surface area contributed by atoms with Gasteiger partial charge in [-0.1, -0.05) is 6.08 Å². The minimum absolute atomic E-state index is 0.0447. The molecular weight excluding hydrogens is 265 g/mol. The fourth-order valence-electron chi connectivity index (χ4n) is 1.11. The van der Waals surface area contributed by atoms with Crippen molar-refractivity contribution in [2.24, 2.45) is 0 Å². The Morgan fingerprint density at radius 3 is 2.53 bits per heavy atom. The van der Waals surface area contributed by atoms with Gasteiger partial charge in [-0.2, -0.15) is 13.2 Å². The maximum absolute atomic E-state index is 12.2. The summed E-state index contributed by atoms with van der Waals surface area (Å²) in [6.45, 7) is -0.0494. The van der Waals surface area contributed by atoms with Crippen LogP contribution in [0.5, 0.6) is 0 Å². The zero-order valence-electron chi connectivity index (χ0n) is 9.44. The molecule has 0 aliphatic heterocycles. The van der Waals surface area contributed by atoms with Crippen LogP contribution in [0.3, 0.4) is 0 Å². The van der Waals surface area contributed by atoms with E-state index in [4.69, 9.17) is 5.11 Å². The number of rotatable bonds is 4. The molecule has 0 aliphatic rings. The minimum atomic E-state index is -4.56. The van der Waals surface area contributed by atoms with E-state index in [0.29, 0.717) is 6.07 Å². The first-order chi connectivity index (χ1) is 8.80. The predicted molar refractivity (Wildman–Crippen MR) is 58.3 cm³/mol. The lowest BCUT2D eigenvalue weighted by atomic mass is 10.2. The SMILES string of the molecule is O=C(O)/C=C/CNC(=O)c1ccc(C(F)(F)F)nc1. The number of hydrogen-bond acceptors (Lipinski definition) is 3. The molecule has 0 aliphatic carbocycles. The number of carboxylic acid groups (broad SMARTS) is 1. The summed E-state index contributed by atoms with van der Waals surface area (Å²) in [6, 6.07) is 1.69. The van der Waals surface area contributed by atoms with Crippen LogP contribution in [-0.4, -0.2) is 28.5 Å². The van der Waals surface area contributed by atoms with Gasteiger partial charge in [0.25, 0.3) is 5.91 Å². The van der Waals surface area contributed by atoms with Gasteiger partial charge in [0.1, 0.15) is 5.69 Å². The molecule has 0 radical (unpaired) electrons. The molecule has 8 heteroatoms. The summed E-state index contributed by atoms with van der Waals surface area (Å²) in [5.41, 5.74) is -1.13. The fourth-order valence-corrected chi connectivity index (χ4v) is 1.11. The second-order valence-electron chi connectivity index (χ2n) is 3.38. The summed E-state index contributed by atoms with van der Waals surface area (Å²) in [4.78, 5) is 24.7. The average Bonchev–Trinajstić information content (AvgIpc) is 2.33. The molecule has 2 N–H and O–H groups in total. The molecule has 0 atom stereocenters. The molecule has 0 spiro atoms. The van der Waals surface area contributed by atoms with Crippen LogP contribution in [0.15, 0.2) is 30.5 Å². The summed E-state index contributed by atoms with van der Waals surface area (Å²) in [6.07, 6.45) is -1.72. The van der Waals surface area contributed by atoms with Gasteiger partial charge in [0, 0.05) is 18.8 Å². The number of carbonyl (C=O) groups excluding carboxylic acids is 1. The number of nitrogens with zero attached hydrogens (tertiary/aromatic N) is 1. The lowest BCUT2D eigenvalue weighted by Crippen LogP contribution is -2.24. The summed E-state index contributed by atoms with van der Waals surface area (Å²) in [5, 5.41) is 10.6. The molecule has 1 aromatic rings. The Bertz CT molecular complexity index is 495. The molecule has 0 bridgehead atoms. The van der Waals surface area contributed by atoms with Crippen LogP contribution in [0.25, 0.3) is 0 Å². The van der Waals surface area contributed by atoms with E-state index in [2.05, 4.69) is 10.3 Å². The van der Waals surface area contributed by atoms with E-state index in [0.717, 1.165) is 18.3 Å². The second kappa shape index (κ2) is 5.98. The van der Waals surface area contributed by atoms with Gasteiger partial charge in [-0.15, -0.1) is 0 Å². The first-order valence-electron chi connectivity index (χ1n) is 5.01. The molecular formula is C11H9F3N2O3. The van der Waals surface area contributed by atoms with E-state index in [9.17, 15) is 22.8 Å². The molecule has 1 heterocycles. The number of hydrogen-bond donors (Lipinski definition) is 2. The van der Waals surface area contributed by atoms with Gasteiger partial charge in [0.15, 0.2) is 0 Å². The fraction of sp³-hybridized carbons (Fsp3) is 0.182. The van der Waals surface area contributed by atoms with Crippen LogP contribution in [0.1, 0.15) is 16.1 Å². The Balaban J connectivity index is 2.61. The summed E-state index contributed by atoms with van der Waals surface area (Å²) < 4.78 is 36.7. The molecule has 0 saturated heterocycles. The largest absolute Gasteiger partial charge is 0.478 e. The highest BCUT2D eigenvalue weighted by Gasteiger charge is 2.32. The van der Waals surface area contributed by atoms with Gasteiger partial charge < -0.3 is 10.4 Å². The second-order valence-corrected chi connectivity index (χ2v) is 3.38. The van der Waals surface area contributed by atoms with Crippen molar-refractivity contribution in [1.29, 1.82) is 0 Å². The third-order valence-corrected chi connectivity index (χ3v) is 1.96. The topological polar surface area (TPSA) is 79.3 Å². The summed E-state index contributed by atoms with van der Waals surface area (Å²) in [7, 11) is 0. The number of alkyl halides is 3. The van der Waals surface area contributed by atoms with Crippen molar-refractivity contribution < 1.29 is 27.9 Å². The first-order valence-corrected chi connectivity index (χ1v) is 5.01. The predicted octanol–water partition coefficient (Wildman–Crippen LogP) is 1.47.